The van der Waals surface area contributed by atoms with Crippen LogP contribution in [0.2, 0.25) is 0 Å². The summed E-state index contributed by atoms with van der Waals surface area (Å²) in [6, 6.07) is 14.5. The van der Waals surface area contributed by atoms with Crippen LogP contribution >= 0.6 is 0 Å². The molecule has 10 unspecified atom stereocenters. The highest BCUT2D eigenvalue weighted by Crippen LogP contribution is 2.30. The molecule has 0 spiro atoms. The van der Waals surface area contributed by atoms with Crippen LogP contribution in [0.25, 0.3) is 0 Å². The summed E-state index contributed by atoms with van der Waals surface area (Å²) < 4.78 is 24.2. The van der Waals surface area contributed by atoms with Crippen molar-refractivity contribution in [3.8, 4) is 0 Å². The van der Waals surface area contributed by atoms with Gasteiger partial charge in [0.05, 0.1) is 62.6 Å². The van der Waals surface area contributed by atoms with Gasteiger partial charge < -0.3 is 45.5 Å². The number of hydrogen-bond donors (Lipinski definition) is 4. The van der Waals surface area contributed by atoms with Crippen LogP contribution in [-0.4, -0.2) is 142 Å². The summed E-state index contributed by atoms with van der Waals surface area (Å²) in [7, 11) is 7.15. The van der Waals surface area contributed by atoms with Crippen molar-refractivity contribution in [3.63, 3.8) is 0 Å². The first-order chi connectivity index (χ1) is 30.5. The number of carbonyl (C=O) groups excluding carboxylic acids is 4. The van der Waals surface area contributed by atoms with E-state index in [0.29, 0.717) is 37.6 Å². The number of nitrogens with two attached hydrogens (primary N) is 1. The maximum Gasteiger partial charge on any atom is 0.247 e. The molecule has 2 aliphatic heterocycles. The van der Waals surface area contributed by atoms with Gasteiger partial charge in [-0.3, -0.25) is 29.0 Å². The zero-order valence-electron chi connectivity index (χ0n) is 40.4. The molecule has 5 N–H and O–H groups in total. The van der Waals surface area contributed by atoms with Crippen LogP contribution in [0.15, 0.2) is 54.6 Å². The molecule has 15 nitrogen and oxygen atoms in total. The van der Waals surface area contributed by atoms with Crippen molar-refractivity contribution in [2.45, 2.75) is 136 Å². The first kappa shape index (κ1) is 52.5. The lowest BCUT2D eigenvalue weighted by molar-refractivity contribution is -0.164. The van der Waals surface area contributed by atoms with E-state index in [0.717, 1.165) is 24.8 Å². The van der Waals surface area contributed by atoms with Crippen LogP contribution in [0.1, 0.15) is 86.1 Å². The number of hydrogen-bond acceptors (Lipinski definition) is 11. The minimum absolute atomic E-state index is 0.0323. The first-order valence-corrected chi connectivity index (χ1v) is 23.3. The Hall–Kier alpha value is -4.12. The molecule has 2 aromatic carbocycles. The second-order valence-electron chi connectivity index (χ2n) is 18.6. The highest BCUT2D eigenvalue weighted by atomic mass is 16.5. The van der Waals surface area contributed by atoms with Crippen molar-refractivity contribution in [2.24, 2.45) is 23.7 Å². The molecule has 4 amide bonds. The zero-order chi connectivity index (χ0) is 47.1. The van der Waals surface area contributed by atoms with Crippen molar-refractivity contribution < 1.29 is 38.1 Å². The predicted octanol–water partition coefficient (Wildman–Crippen LogP) is 5.15. The Kier molecular flexibility index (Phi) is 21.0. The topological polar surface area (TPSA) is 177 Å². The number of carbonyl (C=O) groups is 4. The van der Waals surface area contributed by atoms with E-state index in [9.17, 15) is 19.2 Å². The second kappa shape index (κ2) is 25.5. The standard InChI is InChI=1S/C49H79N7O8/c1-12-33(6)45(54(8)30-63-29-39(31(2)3)53-49(60)44(32(4)5)55(9)43-24-26-64-43)41(61-10)28-42(57)56-25-16-19-40(56)46(62-11)34(7)47(58)52-38(27-35-17-14-13-15-18-35)48(59)51-37-22-20-36(50)21-23-37/h13-15,17-18,20-23,31-34,38-41,43-46H,12,16,19,24-30,50H2,1-11H3,(H,51,59)(H,52,58)(H,53,60). The number of nitrogens with one attached hydrogen (secondary N) is 3. The Labute approximate surface area is 382 Å². The molecular weight excluding hydrogens is 815 g/mol. The third-order valence-electron chi connectivity index (χ3n) is 13.3. The van der Waals surface area contributed by atoms with Gasteiger partial charge >= 0.3 is 0 Å². The number of ether oxygens (including phenoxy) is 4. The van der Waals surface area contributed by atoms with E-state index in [1.165, 1.54) is 0 Å². The van der Waals surface area contributed by atoms with Crippen LogP contribution in [0.5, 0.6) is 0 Å². The van der Waals surface area contributed by atoms with Gasteiger partial charge in [0.2, 0.25) is 23.6 Å². The summed E-state index contributed by atoms with van der Waals surface area (Å²) in [5.74, 6) is -1.10. The number of likely N-dealkylation sites (tertiary alicyclic amines) is 1. The molecule has 358 valence electrons. The van der Waals surface area contributed by atoms with Crippen molar-refractivity contribution in [1.82, 2.24) is 25.3 Å². The van der Waals surface area contributed by atoms with Gasteiger partial charge in [0.15, 0.2) is 0 Å². The van der Waals surface area contributed by atoms with Crippen LogP contribution in [0, 0.1) is 23.7 Å². The van der Waals surface area contributed by atoms with Gasteiger partial charge in [0.1, 0.15) is 12.3 Å². The largest absolute Gasteiger partial charge is 0.399 e. The van der Waals surface area contributed by atoms with Crippen molar-refractivity contribution in [3.05, 3.63) is 60.2 Å². The average molecular weight is 894 g/mol. The Morgan fingerprint density at radius 3 is 2.11 bits per heavy atom. The van der Waals surface area contributed by atoms with Gasteiger partial charge in [-0.05, 0) is 74.5 Å². The molecule has 2 saturated heterocycles. The molecule has 15 heteroatoms. The van der Waals surface area contributed by atoms with Gasteiger partial charge in [-0.15, -0.1) is 0 Å². The summed E-state index contributed by atoms with van der Waals surface area (Å²) in [5.41, 5.74) is 7.89. The Bertz CT molecular complexity index is 1750. The summed E-state index contributed by atoms with van der Waals surface area (Å²) in [6.07, 6.45) is 2.51. The minimum Gasteiger partial charge on any atom is -0.399 e. The fourth-order valence-corrected chi connectivity index (χ4v) is 9.16. The number of nitrogen functional groups attached to an aromatic ring is 1. The van der Waals surface area contributed by atoms with E-state index < -0.39 is 24.2 Å². The molecule has 2 heterocycles. The van der Waals surface area contributed by atoms with Crippen LogP contribution in [0.3, 0.4) is 0 Å². The Morgan fingerprint density at radius 2 is 1.55 bits per heavy atom. The molecule has 0 aromatic heterocycles. The molecule has 10 atom stereocenters. The van der Waals surface area contributed by atoms with Gasteiger partial charge in [-0.2, -0.15) is 0 Å². The summed E-state index contributed by atoms with van der Waals surface area (Å²) in [6.45, 7) is 16.2. The maximum atomic E-state index is 14.4. The number of likely N-dealkylation sites (N-methyl/N-ethyl adjacent to an activating group) is 2. The van der Waals surface area contributed by atoms with E-state index >= 15 is 0 Å². The number of amides is 4. The molecular formula is C49H79N7O8. The molecule has 0 saturated carbocycles. The minimum atomic E-state index is -0.874. The van der Waals surface area contributed by atoms with E-state index in [-0.39, 0.29) is 91.4 Å². The normalized spacial score (nSPS) is 20.3. The average Bonchev–Trinajstić information content (AvgIpc) is 3.73. The number of benzene rings is 2. The van der Waals surface area contributed by atoms with Crippen molar-refractivity contribution in [2.75, 3.05) is 65.9 Å². The highest BCUT2D eigenvalue weighted by Gasteiger charge is 2.42. The smallest absolute Gasteiger partial charge is 0.247 e. The van der Waals surface area contributed by atoms with Crippen LogP contribution in [-0.2, 0) is 44.5 Å². The summed E-state index contributed by atoms with van der Waals surface area (Å²) >= 11 is 0. The van der Waals surface area contributed by atoms with Gasteiger partial charge in [-0.25, -0.2) is 0 Å². The molecule has 0 bridgehead atoms. The molecule has 64 heavy (non-hydrogen) atoms. The van der Waals surface area contributed by atoms with Gasteiger partial charge in [-0.1, -0.05) is 85.2 Å². The van der Waals surface area contributed by atoms with E-state index in [1.54, 1.807) is 45.4 Å². The van der Waals surface area contributed by atoms with E-state index in [4.69, 9.17) is 24.7 Å². The number of nitrogens with zero attached hydrogens (tertiary/aromatic N) is 3. The van der Waals surface area contributed by atoms with E-state index in [1.807, 2.05) is 54.2 Å². The SMILES string of the molecule is CCC(C)C(C(CC(=O)N1CCCC1C(OC)C(C)C(=O)NC(Cc1ccccc1)C(=O)Nc1ccc(N)cc1)OC)N(C)COCC(NC(=O)C(C(C)C)N(C)C1CCO1)C(C)C. The Balaban J connectivity index is 1.40. The van der Waals surface area contributed by atoms with Gasteiger partial charge in [0.25, 0.3) is 0 Å². The molecule has 2 aromatic rings. The summed E-state index contributed by atoms with van der Waals surface area (Å²) in [5, 5.41) is 9.18. The quantitative estimate of drug-likeness (QED) is 0.0727. The number of anilines is 2. The summed E-state index contributed by atoms with van der Waals surface area (Å²) in [4.78, 5) is 61.7. The van der Waals surface area contributed by atoms with Crippen molar-refractivity contribution in [1.29, 1.82) is 0 Å². The van der Waals surface area contributed by atoms with Crippen LogP contribution in [0.4, 0.5) is 11.4 Å². The molecule has 2 fully saturated rings. The first-order valence-electron chi connectivity index (χ1n) is 23.3. The third-order valence-corrected chi connectivity index (χ3v) is 13.3. The van der Waals surface area contributed by atoms with E-state index in [2.05, 4.69) is 62.4 Å². The lowest BCUT2D eigenvalue weighted by Crippen LogP contribution is -2.58. The molecule has 0 aliphatic carbocycles. The van der Waals surface area contributed by atoms with Crippen LogP contribution < -0.4 is 21.7 Å². The fourth-order valence-electron chi connectivity index (χ4n) is 9.16. The number of rotatable bonds is 26. The highest BCUT2D eigenvalue weighted by molar-refractivity contribution is 5.97. The van der Waals surface area contributed by atoms with Gasteiger partial charge in [0, 0.05) is 51.0 Å². The molecule has 0 radical (unpaired) electrons. The lowest BCUT2D eigenvalue weighted by atomic mass is 9.90. The second-order valence-corrected chi connectivity index (χ2v) is 18.6. The predicted molar refractivity (Wildman–Crippen MR) is 251 cm³/mol. The fraction of sp³-hybridized carbons (Fsp3) is 0.673. The maximum absolute atomic E-state index is 14.4. The monoisotopic (exact) mass is 894 g/mol. The molecule has 2 aliphatic rings. The Morgan fingerprint density at radius 1 is 0.875 bits per heavy atom. The lowest BCUT2D eigenvalue weighted by Gasteiger charge is -2.41. The van der Waals surface area contributed by atoms with Crippen molar-refractivity contribution >= 4 is 35.0 Å². The zero-order valence-corrected chi connectivity index (χ0v) is 40.4. The number of methoxy groups -OCH3 is 2. The third kappa shape index (κ3) is 14.4. The molecule has 4 rings (SSSR count).